The third-order valence-electron chi connectivity index (χ3n) is 15.3. The van der Waals surface area contributed by atoms with Gasteiger partial charge in [0.1, 0.15) is 0 Å². The van der Waals surface area contributed by atoms with Gasteiger partial charge in [0.25, 0.3) is 0 Å². The Hall–Kier alpha value is -9.82. The molecule has 16 rings (SSSR count). The minimum atomic E-state index is 0.791. The number of hydrogen-bond acceptors (Lipinski definition) is 3. The molecule has 0 unspecified atom stereocenters. The molecule has 6 nitrogen and oxygen atoms in total. The Morgan fingerprint density at radius 2 is 0.640 bits per heavy atom. The Kier molecular flexibility index (Phi) is 9.10. The molecule has 0 amide bonds. The molecule has 0 radical (unpaired) electrons. The van der Waals surface area contributed by atoms with E-state index >= 15 is 0 Å². The average Bonchev–Trinajstić information content (AvgIpc) is 4.34. The molecule has 0 aliphatic rings. The van der Waals surface area contributed by atoms with Crippen molar-refractivity contribution in [2.75, 3.05) is 0 Å². The highest BCUT2D eigenvalue weighted by Gasteiger charge is 2.30. The van der Waals surface area contributed by atoms with Gasteiger partial charge in [-0.25, -0.2) is 0 Å². The molecule has 7 heteroatoms. The molecule has 0 saturated carbocycles. The molecule has 0 spiro atoms. The van der Waals surface area contributed by atoms with E-state index in [-0.39, 0.29) is 0 Å². The topological polar surface area (TPSA) is 45.5 Å². The summed E-state index contributed by atoms with van der Waals surface area (Å²) in [5.41, 5.74) is 15.8. The van der Waals surface area contributed by atoms with Crippen LogP contribution in [0.5, 0.6) is 0 Å². The first-order valence-corrected chi connectivity index (χ1v) is 26.2. The van der Waals surface area contributed by atoms with E-state index in [2.05, 4.69) is 261 Å². The first-order valence-electron chi connectivity index (χ1n) is 25.4. The Balaban J connectivity index is 1.04. The number of nitrogens with zero attached hydrogens (tertiary/aromatic N) is 6. The normalized spacial score (nSPS) is 12.0. The van der Waals surface area contributed by atoms with Crippen molar-refractivity contribution in [3.05, 3.63) is 255 Å². The fraction of sp³-hybridized carbons (Fsp3) is 0. The summed E-state index contributed by atoms with van der Waals surface area (Å²) in [6.07, 6.45) is 0. The molecule has 5 heterocycles. The van der Waals surface area contributed by atoms with Crippen molar-refractivity contribution in [1.29, 1.82) is 0 Å². The Morgan fingerprint density at radius 3 is 1.17 bits per heavy atom. The number of aromatic nitrogens is 6. The fourth-order valence-electron chi connectivity index (χ4n) is 12.2. The van der Waals surface area contributed by atoms with E-state index < -0.39 is 0 Å². The lowest BCUT2D eigenvalue weighted by Crippen LogP contribution is -2.02. The molecule has 0 saturated heterocycles. The molecule has 0 aliphatic heterocycles. The summed E-state index contributed by atoms with van der Waals surface area (Å²) in [6.45, 7) is 0. The highest BCUT2D eigenvalue weighted by molar-refractivity contribution is 7.26. The Labute approximate surface area is 434 Å². The van der Waals surface area contributed by atoms with Crippen molar-refractivity contribution in [3.63, 3.8) is 0 Å². The molecular weight excluding hydrogens is 933 g/mol. The monoisotopic (exact) mass is 974 g/mol. The van der Waals surface area contributed by atoms with Crippen LogP contribution in [0.2, 0.25) is 0 Å². The van der Waals surface area contributed by atoms with Gasteiger partial charge in [-0.2, -0.15) is 0 Å². The van der Waals surface area contributed by atoms with Crippen molar-refractivity contribution < 1.29 is 0 Å². The zero-order valence-electron chi connectivity index (χ0n) is 40.3. The van der Waals surface area contributed by atoms with Gasteiger partial charge in [0.2, 0.25) is 0 Å². The second-order valence-electron chi connectivity index (χ2n) is 19.3. The number of benzene rings is 11. The van der Waals surface area contributed by atoms with Crippen molar-refractivity contribution in [1.82, 2.24) is 28.5 Å². The molecule has 16 aromatic rings. The summed E-state index contributed by atoms with van der Waals surface area (Å²) in [5.74, 6) is 1.58. The number of rotatable bonds is 7. The first-order chi connectivity index (χ1) is 37.3. The number of fused-ring (bicyclic) bond motifs is 15. The van der Waals surface area contributed by atoms with Gasteiger partial charge in [-0.1, -0.05) is 200 Å². The van der Waals surface area contributed by atoms with E-state index in [0.717, 1.165) is 62.2 Å². The van der Waals surface area contributed by atoms with E-state index in [4.69, 9.17) is 10.2 Å². The molecule has 0 N–H and O–H groups in total. The summed E-state index contributed by atoms with van der Waals surface area (Å²) < 4.78 is 12.3. The van der Waals surface area contributed by atoms with Crippen LogP contribution in [0.15, 0.2) is 255 Å². The van der Waals surface area contributed by atoms with Gasteiger partial charge in [0.15, 0.2) is 11.6 Å². The SMILES string of the molecule is c1ccc(-c2nnc(-c3ccccc3)n2-c2ccccc2-c2cccc3c2sc2c(-n4c5ccccc5c5c6c(c7ccccc7n6-c6ccccc6)c6c(c7ccccc7n6-c6ccccc6)c54)cccc23)cc1. The van der Waals surface area contributed by atoms with Crippen LogP contribution in [-0.4, -0.2) is 28.5 Å². The third-order valence-corrected chi connectivity index (χ3v) is 16.5. The van der Waals surface area contributed by atoms with E-state index in [0.29, 0.717) is 0 Å². The van der Waals surface area contributed by atoms with Gasteiger partial charge in [-0.15, -0.1) is 21.5 Å². The molecular formula is C68H42N6S. The summed E-state index contributed by atoms with van der Waals surface area (Å²) in [5, 5.41) is 19.6. The summed E-state index contributed by atoms with van der Waals surface area (Å²) in [6, 6.07) is 92.1. The van der Waals surface area contributed by atoms with Crippen LogP contribution in [0.4, 0.5) is 0 Å². The van der Waals surface area contributed by atoms with Crippen molar-refractivity contribution in [3.8, 4) is 56.7 Å². The Morgan fingerprint density at radius 1 is 0.267 bits per heavy atom. The predicted molar refractivity (Wildman–Crippen MR) is 314 cm³/mol. The second kappa shape index (κ2) is 16.3. The lowest BCUT2D eigenvalue weighted by atomic mass is 10.00. The average molecular weight is 975 g/mol. The van der Waals surface area contributed by atoms with Crippen LogP contribution in [0.25, 0.3) is 142 Å². The van der Waals surface area contributed by atoms with Crippen LogP contribution in [0.3, 0.4) is 0 Å². The van der Waals surface area contributed by atoms with Crippen LogP contribution >= 0.6 is 11.3 Å². The lowest BCUT2D eigenvalue weighted by molar-refractivity contribution is 1.07. The summed E-state index contributed by atoms with van der Waals surface area (Å²) in [4.78, 5) is 0. The quantitative estimate of drug-likeness (QED) is 0.160. The predicted octanol–water partition coefficient (Wildman–Crippen LogP) is 17.9. The number of para-hydroxylation sites is 6. The maximum absolute atomic E-state index is 4.88. The molecule has 11 aromatic carbocycles. The summed E-state index contributed by atoms with van der Waals surface area (Å²) in [7, 11) is 0. The van der Waals surface area contributed by atoms with Crippen molar-refractivity contribution in [2.24, 2.45) is 0 Å². The van der Waals surface area contributed by atoms with E-state index in [1.54, 1.807) is 0 Å². The zero-order chi connectivity index (χ0) is 49.1. The van der Waals surface area contributed by atoms with Crippen LogP contribution in [-0.2, 0) is 0 Å². The fourth-order valence-corrected chi connectivity index (χ4v) is 13.6. The lowest BCUT2D eigenvalue weighted by Gasteiger charge is -2.16. The van der Waals surface area contributed by atoms with Gasteiger partial charge >= 0.3 is 0 Å². The van der Waals surface area contributed by atoms with Crippen LogP contribution < -0.4 is 0 Å². The molecule has 0 aliphatic carbocycles. The van der Waals surface area contributed by atoms with Gasteiger partial charge in [0.05, 0.1) is 49.2 Å². The van der Waals surface area contributed by atoms with Gasteiger partial charge in [-0.3, -0.25) is 4.57 Å². The van der Waals surface area contributed by atoms with Gasteiger partial charge < -0.3 is 13.7 Å². The molecule has 5 aromatic heterocycles. The highest BCUT2D eigenvalue weighted by Crippen LogP contribution is 2.52. The Bertz CT molecular complexity index is 4800. The van der Waals surface area contributed by atoms with Gasteiger partial charge in [-0.05, 0) is 54.6 Å². The standard InChI is InChI=1S/C68H42N6S/c1-5-23-43(24-6-1)67-69-70-68(44-25-7-2-8-26-44)74(67)54-38-17-13-31-47(54)48-35-21-36-49-50-37-22-42-58(66(50)75-65(48)49)73-57-41-20-16-34-53(57)61-63-59(51-32-14-18-39-55(51)71(63)45-27-9-3-10-28-45)62-60(64(61)73)52-33-15-19-40-56(52)72(62)46-29-11-4-12-30-46/h1-42H. The van der Waals surface area contributed by atoms with E-state index in [1.165, 1.54) is 80.1 Å². The second-order valence-corrected chi connectivity index (χ2v) is 20.3. The van der Waals surface area contributed by atoms with Crippen LogP contribution in [0, 0.1) is 0 Å². The first kappa shape index (κ1) is 41.8. The van der Waals surface area contributed by atoms with Crippen LogP contribution in [0.1, 0.15) is 0 Å². The maximum Gasteiger partial charge on any atom is 0.168 e. The highest BCUT2D eigenvalue weighted by atomic mass is 32.1. The molecule has 0 atom stereocenters. The molecule has 350 valence electrons. The minimum absolute atomic E-state index is 0.791. The number of thiophene rings is 1. The number of hydrogen-bond donors (Lipinski definition) is 0. The molecule has 0 fully saturated rings. The molecule has 75 heavy (non-hydrogen) atoms. The van der Waals surface area contributed by atoms with E-state index in [9.17, 15) is 0 Å². The van der Waals surface area contributed by atoms with Crippen molar-refractivity contribution >= 4 is 96.9 Å². The summed E-state index contributed by atoms with van der Waals surface area (Å²) >= 11 is 1.88. The maximum atomic E-state index is 4.88. The third kappa shape index (κ3) is 6.01. The van der Waals surface area contributed by atoms with Gasteiger partial charge in [0, 0.05) is 81.4 Å². The van der Waals surface area contributed by atoms with E-state index in [1.807, 2.05) is 23.5 Å². The largest absolute Gasteiger partial charge is 0.308 e. The van der Waals surface area contributed by atoms with Crippen molar-refractivity contribution in [2.45, 2.75) is 0 Å². The smallest absolute Gasteiger partial charge is 0.168 e. The molecule has 0 bridgehead atoms. The minimum Gasteiger partial charge on any atom is -0.308 e. The zero-order valence-corrected chi connectivity index (χ0v) is 41.2.